The number of benzene rings is 2. The van der Waals surface area contributed by atoms with Crippen LogP contribution in [0.1, 0.15) is 28.7 Å². The van der Waals surface area contributed by atoms with Crippen molar-refractivity contribution >= 4 is 6.21 Å². The van der Waals surface area contributed by atoms with Crippen molar-refractivity contribution in [2.24, 2.45) is 5.16 Å². The highest BCUT2D eigenvalue weighted by molar-refractivity contribution is 5.79. The van der Waals surface area contributed by atoms with Gasteiger partial charge in [0.25, 0.3) is 6.43 Å². The maximum atomic E-state index is 12.5. The third kappa shape index (κ3) is 4.16. The van der Waals surface area contributed by atoms with Gasteiger partial charge in [0.05, 0.1) is 6.21 Å². The Kier molecular flexibility index (Phi) is 4.82. The number of alkyl halides is 2. The molecule has 0 saturated carbocycles. The van der Waals surface area contributed by atoms with Gasteiger partial charge in [-0.3, -0.25) is 0 Å². The van der Waals surface area contributed by atoms with Crippen molar-refractivity contribution in [1.82, 2.24) is 0 Å². The number of oxime groups is 1. The third-order valence-corrected chi connectivity index (χ3v) is 2.75. The van der Waals surface area contributed by atoms with Gasteiger partial charge < -0.3 is 4.84 Å². The van der Waals surface area contributed by atoms with E-state index in [2.05, 4.69) is 5.16 Å². The zero-order valence-electron chi connectivity index (χ0n) is 11.1. The van der Waals surface area contributed by atoms with E-state index < -0.39 is 6.43 Å². The van der Waals surface area contributed by atoms with Gasteiger partial charge in [0, 0.05) is 5.56 Å². The van der Waals surface area contributed by atoms with Crippen LogP contribution in [0.15, 0.2) is 53.7 Å². The molecule has 0 spiro atoms. The molecule has 0 radical (unpaired) electrons. The summed E-state index contributed by atoms with van der Waals surface area (Å²) in [6.07, 6.45) is -0.866. The molecule has 0 fully saturated rings. The van der Waals surface area contributed by atoms with Gasteiger partial charge in [-0.1, -0.05) is 53.2 Å². The molecule has 0 heterocycles. The first-order valence-corrected chi connectivity index (χ1v) is 6.24. The Balaban J connectivity index is 1.91. The summed E-state index contributed by atoms with van der Waals surface area (Å²) in [6, 6.07) is 14.0. The van der Waals surface area contributed by atoms with Gasteiger partial charge in [-0.05, 0) is 24.1 Å². The Hall–Kier alpha value is -2.23. The molecule has 0 bridgehead atoms. The van der Waals surface area contributed by atoms with E-state index in [4.69, 9.17) is 4.84 Å². The molecule has 2 aromatic rings. The minimum absolute atomic E-state index is 0.00577. The first-order valence-electron chi connectivity index (χ1n) is 6.24. The molecule has 0 aromatic heterocycles. The van der Waals surface area contributed by atoms with E-state index in [1.54, 1.807) is 18.3 Å². The topological polar surface area (TPSA) is 21.6 Å². The van der Waals surface area contributed by atoms with Crippen molar-refractivity contribution in [3.63, 3.8) is 0 Å². The van der Waals surface area contributed by atoms with Crippen LogP contribution in [-0.4, -0.2) is 6.21 Å². The summed E-state index contributed by atoms with van der Waals surface area (Å²) in [4.78, 5) is 5.12. The molecule has 0 saturated heterocycles. The Labute approximate surface area is 116 Å². The van der Waals surface area contributed by atoms with Gasteiger partial charge in [-0.2, -0.15) is 0 Å². The monoisotopic (exact) mass is 275 g/mol. The Morgan fingerprint density at radius 1 is 1.15 bits per heavy atom. The van der Waals surface area contributed by atoms with Crippen molar-refractivity contribution in [1.29, 1.82) is 0 Å². The van der Waals surface area contributed by atoms with Crippen LogP contribution in [0.5, 0.6) is 0 Å². The predicted octanol–water partition coefficient (Wildman–Crippen LogP) is 4.48. The summed E-state index contributed by atoms with van der Waals surface area (Å²) in [5.74, 6) is 0. The average Bonchev–Trinajstić information content (AvgIpc) is 2.44. The Morgan fingerprint density at radius 3 is 2.70 bits per heavy atom. The molecule has 2 rings (SSSR count). The Bertz CT molecular complexity index is 597. The lowest BCUT2D eigenvalue weighted by atomic mass is 10.1. The quantitative estimate of drug-likeness (QED) is 0.582. The predicted molar refractivity (Wildman–Crippen MR) is 75.0 cm³/mol. The minimum atomic E-state index is -2.47. The highest BCUT2D eigenvalue weighted by Crippen LogP contribution is 2.19. The average molecular weight is 275 g/mol. The molecule has 2 aromatic carbocycles. The fourth-order valence-electron chi connectivity index (χ4n) is 1.78. The minimum Gasteiger partial charge on any atom is -0.391 e. The van der Waals surface area contributed by atoms with Crippen molar-refractivity contribution in [3.05, 3.63) is 70.8 Å². The molecule has 4 heteroatoms. The van der Waals surface area contributed by atoms with Crippen LogP contribution >= 0.6 is 0 Å². The highest BCUT2D eigenvalue weighted by atomic mass is 19.3. The highest BCUT2D eigenvalue weighted by Gasteiger charge is 2.06. The maximum Gasteiger partial charge on any atom is 0.263 e. The van der Waals surface area contributed by atoms with Crippen LogP contribution in [0.3, 0.4) is 0 Å². The Morgan fingerprint density at radius 2 is 1.95 bits per heavy atom. The van der Waals surface area contributed by atoms with Crippen molar-refractivity contribution < 1.29 is 13.6 Å². The maximum absolute atomic E-state index is 12.5. The zero-order valence-corrected chi connectivity index (χ0v) is 11.1. The van der Waals surface area contributed by atoms with E-state index in [-0.39, 0.29) is 12.2 Å². The zero-order chi connectivity index (χ0) is 14.4. The van der Waals surface area contributed by atoms with Crippen LogP contribution in [-0.2, 0) is 11.4 Å². The van der Waals surface area contributed by atoms with E-state index >= 15 is 0 Å². The molecular weight excluding hydrogens is 260 g/mol. The van der Waals surface area contributed by atoms with E-state index in [1.807, 2.05) is 31.2 Å². The second-order valence-corrected chi connectivity index (χ2v) is 4.47. The number of nitrogens with zero attached hydrogens (tertiary/aromatic N) is 1. The van der Waals surface area contributed by atoms with Crippen molar-refractivity contribution in [3.8, 4) is 0 Å². The lowest BCUT2D eigenvalue weighted by Crippen LogP contribution is -1.91. The first-order chi connectivity index (χ1) is 9.65. The second kappa shape index (κ2) is 6.80. The van der Waals surface area contributed by atoms with Gasteiger partial charge in [0.15, 0.2) is 0 Å². The smallest absolute Gasteiger partial charge is 0.263 e. The summed E-state index contributed by atoms with van der Waals surface area (Å²) in [6.45, 7) is 2.16. The molecule has 104 valence electrons. The van der Waals surface area contributed by atoms with Gasteiger partial charge in [0.1, 0.15) is 6.61 Å². The normalized spacial score (nSPS) is 11.2. The molecule has 20 heavy (non-hydrogen) atoms. The van der Waals surface area contributed by atoms with Crippen LogP contribution < -0.4 is 0 Å². The van der Waals surface area contributed by atoms with Crippen LogP contribution in [0.25, 0.3) is 0 Å². The standard InChI is InChI=1S/C16H15F2NO/c1-12-4-2-5-13(8-12)10-19-20-11-14-6-3-7-15(9-14)16(17)18/h2-10,16H,11H2,1H3. The van der Waals surface area contributed by atoms with E-state index in [0.717, 1.165) is 11.1 Å². The number of halogens is 2. The number of rotatable bonds is 5. The van der Waals surface area contributed by atoms with Crippen LogP contribution in [0.4, 0.5) is 8.78 Å². The third-order valence-electron chi connectivity index (χ3n) is 2.75. The molecule has 0 aliphatic rings. The molecule has 2 nitrogen and oxygen atoms in total. The molecule has 0 amide bonds. The summed E-state index contributed by atoms with van der Waals surface area (Å²) < 4.78 is 25.0. The molecule has 0 aliphatic heterocycles. The molecule has 0 aliphatic carbocycles. The summed E-state index contributed by atoms with van der Waals surface area (Å²) in [5.41, 5.74) is 2.74. The van der Waals surface area contributed by atoms with Gasteiger partial charge >= 0.3 is 0 Å². The fraction of sp³-hybridized carbons (Fsp3) is 0.188. The fourth-order valence-corrected chi connectivity index (χ4v) is 1.78. The molecular formula is C16H15F2NO. The van der Waals surface area contributed by atoms with Crippen LogP contribution in [0, 0.1) is 6.92 Å². The van der Waals surface area contributed by atoms with Crippen molar-refractivity contribution in [2.75, 3.05) is 0 Å². The van der Waals surface area contributed by atoms with E-state index in [1.165, 1.54) is 12.1 Å². The van der Waals surface area contributed by atoms with E-state index in [0.29, 0.717) is 5.56 Å². The van der Waals surface area contributed by atoms with Gasteiger partial charge in [-0.25, -0.2) is 8.78 Å². The second-order valence-electron chi connectivity index (χ2n) is 4.47. The lowest BCUT2D eigenvalue weighted by molar-refractivity contribution is 0.130. The van der Waals surface area contributed by atoms with Crippen LogP contribution in [0.2, 0.25) is 0 Å². The number of hydrogen-bond acceptors (Lipinski definition) is 2. The largest absolute Gasteiger partial charge is 0.391 e. The van der Waals surface area contributed by atoms with E-state index in [9.17, 15) is 8.78 Å². The molecule has 0 atom stereocenters. The first kappa shape index (κ1) is 14.2. The number of aryl methyl sites for hydroxylation is 1. The summed E-state index contributed by atoms with van der Waals surface area (Å²) >= 11 is 0. The summed E-state index contributed by atoms with van der Waals surface area (Å²) in [5, 5.41) is 3.84. The number of hydrogen-bond donors (Lipinski definition) is 0. The van der Waals surface area contributed by atoms with Gasteiger partial charge in [-0.15, -0.1) is 0 Å². The van der Waals surface area contributed by atoms with Crippen molar-refractivity contribution in [2.45, 2.75) is 20.0 Å². The SMILES string of the molecule is Cc1cccc(C=NOCc2cccc(C(F)F)c2)c1. The lowest BCUT2D eigenvalue weighted by Gasteiger charge is -2.03. The summed E-state index contributed by atoms with van der Waals surface area (Å²) in [7, 11) is 0. The molecule has 0 N–H and O–H groups in total. The van der Waals surface area contributed by atoms with Gasteiger partial charge in [0.2, 0.25) is 0 Å². The molecule has 0 unspecified atom stereocenters.